The normalized spacial score (nSPS) is 18.2. The zero-order valence-electron chi connectivity index (χ0n) is 8.71. The predicted molar refractivity (Wildman–Crippen MR) is 58.3 cm³/mol. The molecule has 0 aromatic heterocycles. The molecule has 4 heteroatoms. The SMILES string of the molecule is O=C1CCOc2c1ccc1c2C(=O)CCN1. The fourth-order valence-electron chi connectivity index (χ4n) is 2.19. The number of hydrogen-bond acceptors (Lipinski definition) is 4. The van der Waals surface area contributed by atoms with Crippen molar-refractivity contribution in [2.45, 2.75) is 12.8 Å². The molecule has 0 aliphatic carbocycles. The molecule has 4 nitrogen and oxygen atoms in total. The first-order chi connectivity index (χ1) is 7.77. The zero-order valence-corrected chi connectivity index (χ0v) is 8.71. The first-order valence-electron chi connectivity index (χ1n) is 5.37. The van der Waals surface area contributed by atoms with Gasteiger partial charge in [0, 0.05) is 25.1 Å². The van der Waals surface area contributed by atoms with Crippen LogP contribution in [0.4, 0.5) is 5.69 Å². The van der Waals surface area contributed by atoms with E-state index in [1.807, 2.05) is 0 Å². The third kappa shape index (κ3) is 1.23. The van der Waals surface area contributed by atoms with E-state index in [0.29, 0.717) is 42.9 Å². The number of Topliss-reactive ketones (excluding diaryl/α,β-unsaturated/α-hetero) is 2. The van der Waals surface area contributed by atoms with Crippen molar-refractivity contribution < 1.29 is 14.3 Å². The van der Waals surface area contributed by atoms with Crippen molar-refractivity contribution in [2.75, 3.05) is 18.5 Å². The van der Waals surface area contributed by atoms with Crippen LogP contribution in [0.3, 0.4) is 0 Å². The summed E-state index contributed by atoms with van der Waals surface area (Å²) in [6.07, 6.45) is 0.856. The molecule has 82 valence electrons. The van der Waals surface area contributed by atoms with Crippen molar-refractivity contribution in [1.82, 2.24) is 0 Å². The first kappa shape index (κ1) is 9.39. The van der Waals surface area contributed by atoms with E-state index in [4.69, 9.17) is 4.74 Å². The molecule has 1 N–H and O–H groups in total. The summed E-state index contributed by atoms with van der Waals surface area (Å²) in [7, 11) is 0. The van der Waals surface area contributed by atoms with E-state index < -0.39 is 0 Å². The summed E-state index contributed by atoms with van der Waals surface area (Å²) in [5.41, 5.74) is 1.88. The third-order valence-electron chi connectivity index (χ3n) is 2.98. The lowest BCUT2D eigenvalue weighted by atomic mass is 9.94. The minimum atomic E-state index is 0.0558. The topological polar surface area (TPSA) is 55.4 Å². The van der Waals surface area contributed by atoms with Crippen LogP contribution < -0.4 is 10.1 Å². The predicted octanol–water partition coefficient (Wildman–Crippen LogP) is 1.65. The molecule has 1 aromatic carbocycles. The Bertz CT molecular complexity index is 493. The second kappa shape index (κ2) is 3.33. The van der Waals surface area contributed by atoms with Crippen LogP contribution in [0.1, 0.15) is 33.6 Å². The van der Waals surface area contributed by atoms with Crippen LogP contribution in [0.25, 0.3) is 0 Å². The Morgan fingerprint density at radius 3 is 2.88 bits per heavy atom. The molecule has 0 amide bonds. The average Bonchev–Trinajstić information content (AvgIpc) is 2.29. The van der Waals surface area contributed by atoms with Gasteiger partial charge in [0.15, 0.2) is 11.6 Å². The van der Waals surface area contributed by atoms with Crippen molar-refractivity contribution in [2.24, 2.45) is 0 Å². The molecule has 0 radical (unpaired) electrons. The fraction of sp³-hybridized carbons (Fsp3) is 0.333. The number of carbonyl (C=O) groups is 2. The van der Waals surface area contributed by atoms with Gasteiger partial charge in [0.05, 0.1) is 17.7 Å². The summed E-state index contributed by atoms with van der Waals surface area (Å²) in [6, 6.07) is 3.53. The Kier molecular flexibility index (Phi) is 1.96. The van der Waals surface area contributed by atoms with Crippen molar-refractivity contribution in [3.8, 4) is 5.75 Å². The number of carbonyl (C=O) groups excluding carboxylic acids is 2. The number of benzene rings is 1. The minimum Gasteiger partial charge on any atom is -0.492 e. The van der Waals surface area contributed by atoms with Crippen LogP contribution in [0.5, 0.6) is 5.75 Å². The maximum absolute atomic E-state index is 11.8. The summed E-state index contributed by atoms with van der Waals surface area (Å²) in [4.78, 5) is 23.5. The standard InChI is InChI=1S/C12H11NO3/c14-9-4-6-16-12-7(9)1-2-8-11(12)10(15)3-5-13-8/h1-2,13H,3-6H2. The van der Waals surface area contributed by atoms with E-state index in [-0.39, 0.29) is 11.6 Å². The monoisotopic (exact) mass is 217 g/mol. The maximum atomic E-state index is 11.8. The highest BCUT2D eigenvalue weighted by Gasteiger charge is 2.28. The zero-order chi connectivity index (χ0) is 11.1. The van der Waals surface area contributed by atoms with Crippen molar-refractivity contribution in [3.63, 3.8) is 0 Å². The summed E-state index contributed by atoms with van der Waals surface area (Å²) in [5.74, 6) is 0.591. The van der Waals surface area contributed by atoms with Crippen LogP contribution >= 0.6 is 0 Å². The third-order valence-corrected chi connectivity index (χ3v) is 2.98. The lowest BCUT2D eigenvalue weighted by Gasteiger charge is -2.24. The fourth-order valence-corrected chi connectivity index (χ4v) is 2.19. The molecule has 3 rings (SSSR count). The number of ketones is 2. The highest BCUT2D eigenvalue weighted by atomic mass is 16.5. The van der Waals surface area contributed by atoms with Gasteiger partial charge in [0.2, 0.25) is 0 Å². The molecular weight excluding hydrogens is 206 g/mol. The Balaban J connectivity index is 2.24. The molecule has 0 atom stereocenters. The molecule has 0 fully saturated rings. The van der Waals surface area contributed by atoms with Gasteiger partial charge in [-0.1, -0.05) is 0 Å². The number of rotatable bonds is 0. The van der Waals surface area contributed by atoms with Gasteiger partial charge in [-0.2, -0.15) is 0 Å². The molecule has 2 aliphatic heterocycles. The Morgan fingerprint density at radius 1 is 1.12 bits per heavy atom. The summed E-state index contributed by atoms with van der Waals surface area (Å²) in [6.45, 7) is 1.02. The van der Waals surface area contributed by atoms with Gasteiger partial charge in [-0.25, -0.2) is 0 Å². The number of ether oxygens (including phenoxy) is 1. The van der Waals surface area contributed by atoms with Crippen molar-refractivity contribution in [1.29, 1.82) is 0 Å². The number of anilines is 1. The quantitative estimate of drug-likeness (QED) is 0.717. The first-order valence-corrected chi connectivity index (χ1v) is 5.37. The summed E-state index contributed by atoms with van der Waals surface area (Å²) >= 11 is 0. The molecule has 0 saturated carbocycles. The van der Waals surface area contributed by atoms with E-state index in [1.54, 1.807) is 12.1 Å². The van der Waals surface area contributed by atoms with Gasteiger partial charge in [-0.3, -0.25) is 9.59 Å². The van der Waals surface area contributed by atoms with E-state index in [2.05, 4.69) is 5.32 Å². The van der Waals surface area contributed by atoms with E-state index >= 15 is 0 Å². The summed E-state index contributed by atoms with van der Waals surface area (Å²) < 4.78 is 5.48. The lowest BCUT2D eigenvalue weighted by Crippen LogP contribution is -2.23. The van der Waals surface area contributed by atoms with Crippen LogP contribution in [0, 0.1) is 0 Å². The molecule has 16 heavy (non-hydrogen) atoms. The van der Waals surface area contributed by atoms with Gasteiger partial charge >= 0.3 is 0 Å². The molecule has 1 aromatic rings. The molecule has 0 saturated heterocycles. The van der Waals surface area contributed by atoms with Crippen LogP contribution in [-0.2, 0) is 0 Å². The molecule has 0 spiro atoms. The van der Waals surface area contributed by atoms with Gasteiger partial charge in [-0.05, 0) is 12.1 Å². The van der Waals surface area contributed by atoms with E-state index in [1.165, 1.54) is 0 Å². The average molecular weight is 217 g/mol. The van der Waals surface area contributed by atoms with Crippen LogP contribution in [0.2, 0.25) is 0 Å². The second-order valence-corrected chi connectivity index (χ2v) is 3.99. The van der Waals surface area contributed by atoms with E-state index in [9.17, 15) is 9.59 Å². The Labute approximate surface area is 92.6 Å². The molecular formula is C12H11NO3. The lowest BCUT2D eigenvalue weighted by molar-refractivity contribution is 0.0929. The maximum Gasteiger partial charge on any atom is 0.170 e. The highest BCUT2D eigenvalue weighted by Crippen LogP contribution is 2.36. The number of hydrogen-bond donors (Lipinski definition) is 1. The molecule has 2 aliphatic rings. The van der Waals surface area contributed by atoms with Gasteiger partial charge in [0.25, 0.3) is 0 Å². The summed E-state index contributed by atoms with van der Waals surface area (Å²) in [5, 5.41) is 3.15. The van der Waals surface area contributed by atoms with Crippen LogP contribution in [0.15, 0.2) is 12.1 Å². The minimum absolute atomic E-state index is 0.0558. The van der Waals surface area contributed by atoms with Crippen molar-refractivity contribution in [3.05, 3.63) is 23.3 Å². The Hall–Kier alpha value is -1.84. The molecule has 0 unspecified atom stereocenters. The molecule has 2 heterocycles. The second-order valence-electron chi connectivity index (χ2n) is 3.99. The van der Waals surface area contributed by atoms with Crippen molar-refractivity contribution >= 4 is 17.3 Å². The molecule has 0 bridgehead atoms. The van der Waals surface area contributed by atoms with Gasteiger partial charge in [-0.15, -0.1) is 0 Å². The number of nitrogens with one attached hydrogen (secondary N) is 1. The largest absolute Gasteiger partial charge is 0.492 e. The van der Waals surface area contributed by atoms with Gasteiger partial charge < -0.3 is 10.1 Å². The smallest absolute Gasteiger partial charge is 0.170 e. The van der Waals surface area contributed by atoms with Gasteiger partial charge in [0.1, 0.15) is 5.75 Å². The number of fused-ring (bicyclic) bond motifs is 3. The van der Waals surface area contributed by atoms with E-state index in [0.717, 1.165) is 5.69 Å². The Morgan fingerprint density at radius 2 is 2.00 bits per heavy atom. The highest BCUT2D eigenvalue weighted by molar-refractivity contribution is 6.10. The van der Waals surface area contributed by atoms with Crippen LogP contribution in [-0.4, -0.2) is 24.7 Å².